The maximum absolute atomic E-state index is 12.7. The van der Waals surface area contributed by atoms with E-state index in [1.165, 1.54) is 12.0 Å². The number of hydrogen-bond acceptors (Lipinski definition) is 4. The van der Waals surface area contributed by atoms with E-state index in [1.807, 2.05) is 12.1 Å². The number of nitrogens with one attached hydrogen (secondary N) is 1. The second-order valence-corrected chi connectivity index (χ2v) is 9.27. The molecule has 0 radical (unpaired) electrons. The van der Waals surface area contributed by atoms with Crippen molar-refractivity contribution in [3.05, 3.63) is 48.7 Å². The summed E-state index contributed by atoms with van der Waals surface area (Å²) in [6.45, 7) is 11.1. The van der Waals surface area contributed by atoms with Gasteiger partial charge in [-0.25, -0.2) is 4.98 Å². The molecule has 6 heteroatoms. The van der Waals surface area contributed by atoms with Crippen molar-refractivity contribution in [3.63, 3.8) is 0 Å². The van der Waals surface area contributed by atoms with E-state index in [0.717, 1.165) is 25.7 Å². The van der Waals surface area contributed by atoms with Crippen molar-refractivity contribution in [3.8, 4) is 0 Å². The summed E-state index contributed by atoms with van der Waals surface area (Å²) in [7, 11) is 4.25. The van der Waals surface area contributed by atoms with E-state index in [1.54, 1.807) is 23.2 Å². The van der Waals surface area contributed by atoms with Crippen LogP contribution in [0.5, 0.6) is 0 Å². The minimum Gasteiger partial charge on any atom is -0.333 e. The van der Waals surface area contributed by atoms with Gasteiger partial charge in [-0.1, -0.05) is 45.1 Å². The van der Waals surface area contributed by atoms with Crippen molar-refractivity contribution >= 4 is 17.6 Å². The fourth-order valence-corrected chi connectivity index (χ4v) is 5.02. The topological polar surface area (TPSA) is 65.5 Å². The number of carbonyl (C=O) groups is 2. The van der Waals surface area contributed by atoms with Crippen LogP contribution in [0.15, 0.2) is 48.7 Å². The van der Waals surface area contributed by atoms with E-state index in [2.05, 4.69) is 62.7 Å². The van der Waals surface area contributed by atoms with Crippen LogP contribution in [0.3, 0.4) is 0 Å². The number of nitrogens with zero attached hydrogens (tertiary/aromatic N) is 3. The number of allylic oxidation sites excluding steroid dienone is 1. The van der Waals surface area contributed by atoms with E-state index >= 15 is 0 Å². The van der Waals surface area contributed by atoms with Crippen LogP contribution >= 0.6 is 0 Å². The highest BCUT2D eigenvalue weighted by Gasteiger charge is 2.50. The third kappa shape index (κ3) is 5.85. The lowest BCUT2D eigenvalue weighted by molar-refractivity contribution is -0.131. The van der Waals surface area contributed by atoms with Crippen LogP contribution in [0.25, 0.3) is 0 Å². The predicted molar refractivity (Wildman–Crippen MR) is 133 cm³/mol. The van der Waals surface area contributed by atoms with E-state index in [0.29, 0.717) is 18.8 Å². The number of amides is 2. The molecular formula is C26H42N4O2. The van der Waals surface area contributed by atoms with Crippen LogP contribution in [-0.4, -0.2) is 59.3 Å². The van der Waals surface area contributed by atoms with Crippen molar-refractivity contribution in [2.45, 2.75) is 64.8 Å². The summed E-state index contributed by atoms with van der Waals surface area (Å²) in [5.41, 5.74) is 1.21. The number of hydrogen-bond donors (Lipinski definition) is 1. The van der Waals surface area contributed by atoms with Crippen molar-refractivity contribution < 1.29 is 11.0 Å². The highest BCUT2D eigenvalue weighted by molar-refractivity contribution is 5.94. The van der Waals surface area contributed by atoms with Gasteiger partial charge in [0.25, 0.3) is 0 Å². The number of likely N-dealkylation sites (tertiary alicyclic amines) is 1. The molecule has 1 aliphatic heterocycles. The summed E-state index contributed by atoms with van der Waals surface area (Å²) in [4.78, 5) is 33.2. The first kappa shape index (κ1) is 25.8. The quantitative estimate of drug-likeness (QED) is 0.636. The minimum absolute atomic E-state index is 0. The third-order valence-electron chi connectivity index (χ3n) is 6.73. The van der Waals surface area contributed by atoms with Gasteiger partial charge in [-0.15, -0.1) is 0 Å². The molecule has 1 aromatic rings. The average Bonchev–Trinajstić information content (AvgIpc) is 3.06. The van der Waals surface area contributed by atoms with Gasteiger partial charge in [0.15, 0.2) is 0 Å². The highest BCUT2D eigenvalue weighted by Crippen LogP contribution is 2.50. The molecule has 3 rings (SSSR count). The van der Waals surface area contributed by atoms with Gasteiger partial charge in [-0.05, 0) is 69.8 Å². The molecule has 178 valence electrons. The second-order valence-electron chi connectivity index (χ2n) is 9.27. The number of anilines is 1. The van der Waals surface area contributed by atoms with Crippen molar-refractivity contribution in [2.24, 2.45) is 5.41 Å². The van der Waals surface area contributed by atoms with E-state index in [9.17, 15) is 9.59 Å². The van der Waals surface area contributed by atoms with Gasteiger partial charge < -0.3 is 10.2 Å². The van der Waals surface area contributed by atoms with Crippen LogP contribution in [0.1, 0.15) is 60.7 Å². The molecule has 1 saturated carbocycles. The van der Waals surface area contributed by atoms with Crippen molar-refractivity contribution in [1.82, 2.24) is 14.8 Å². The number of rotatable bonds is 6. The fourth-order valence-electron chi connectivity index (χ4n) is 5.02. The summed E-state index contributed by atoms with van der Waals surface area (Å²) in [5, 5.41) is 2.77. The molecule has 0 bridgehead atoms. The van der Waals surface area contributed by atoms with Crippen LogP contribution in [0.4, 0.5) is 5.82 Å². The first-order chi connectivity index (χ1) is 15.3. The predicted octanol–water partition coefficient (Wildman–Crippen LogP) is 4.91. The van der Waals surface area contributed by atoms with Crippen LogP contribution in [0, 0.1) is 5.41 Å². The molecule has 6 nitrogen and oxygen atoms in total. The summed E-state index contributed by atoms with van der Waals surface area (Å²) < 4.78 is 0. The SMILES string of the molecule is C=C/C(=C\C)C1(N(C)C)CCC2(CC1)CC(=O)N(CC(=O)Nc1ccccn1)C2.CCC.[HH]. The monoisotopic (exact) mass is 442 g/mol. The molecule has 1 N–H and O–H groups in total. The molecule has 1 saturated heterocycles. The Morgan fingerprint density at radius 3 is 2.44 bits per heavy atom. The van der Waals surface area contributed by atoms with Gasteiger partial charge in [-0.3, -0.25) is 14.5 Å². The Balaban J connectivity index is 0.00000129. The molecule has 0 atom stereocenters. The maximum Gasteiger partial charge on any atom is 0.245 e. The minimum atomic E-state index is -0.199. The normalized spacial score (nSPS) is 25.5. The standard InChI is InChI=1S/C23H32N4O2.C3H8.H2/c1-5-18(6-2)23(26(3)4)12-10-22(11-13-23)15-21(29)27(17-22)16-20(28)25-19-9-7-8-14-24-19;1-3-2;/h5-9,14H,1,10-13,15-17H2,2-4H3,(H,24,25,28);3H2,1-2H3;1H/b18-6+;;. The molecule has 2 heterocycles. The lowest BCUT2D eigenvalue weighted by Crippen LogP contribution is -2.50. The molecule has 32 heavy (non-hydrogen) atoms. The second kappa shape index (κ2) is 11.4. The molecular weight excluding hydrogens is 400 g/mol. The number of aromatic nitrogens is 1. The van der Waals surface area contributed by atoms with Gasteiger partial charge in [0.05, 0.1) is 6.54 Å². The molecule has 1 aromatic heterocycles. The Hall–Kier alpha value is -2.47. The zero-order valence-electron chi connectivity index (χ0n) is 20.5. The zero-order valence-corrected chi connectivity index (χ0v) is 20.5. The van der Waals surface area contributed by atoms with Crippen LogP contribution in [0.2, 0.25) is 0 Å². The number of carbonyl (C=O) groups excluding carboxylic acids is 2. The summed E-state index contributed by atoms with van der Waals surface area (Å²) in [5.74, 6) is 0.388. The summed E-state index contributed by atoms with van der Waals surface area (Å²) in [6.07, 6.45) is 11.5. The largest absolute Gasteiger partial charge is 0.333 e. The first-order valence-corrected chi connectivity index (χ1v) is 11.7. The van der Waals surface area contributed by atoms with Gasteiger partial charge in [0, 0.05) is 26.1 Å². The highest BCUT2D eigenvalue weighted by atomic mass is 16.2. The van der Waals surface area contributed by atoms with Crippen molar-refractivity contribution in [2.75, 3.05) is 32.5 Å². The Kier molecular flexibility index (Phi) is 9.20. The Bertz CT molecular complexity index is 815. The number of likely N-dealkylation sites (N-methyl/N-ethyl adjacent to an activating group) is 1. The summed E-state index contributed by atoms with van der Waals surface area (Å²) >= 11 is 0. The molecule has 2 aliphatic rings. The molecule has 0 aromatic carbocycles. The Labute approximate surface area is 195 Å². The number of pyridine rings is 1. The van der Waals surface area contributed by atoms with E-state index < -0.39 is 0 Å². The van der Waals surface area contributed by atoms with Gasteiger partial charge >= 0.3 is 0 Å². The van der Waals surface area contributed by atoms with Gasteiger partial charge in [0.1, 0.15) is 5.82 Å². The Morgan fingerprint density at radius 2 is 1.94 bits per heavy atom. The molecule has 2 amide bonds. The molecule has 2 fully saturated rings. The third-order valence-corrected chi connectivity index (χ3v) is 6.73. The lowest BCUT2D eigenvalue weighted by atomic mass is 9.64. The molecule has 1 aliphatic carbocycles. The van der Waals surface area contributed by atoms with E-state index in [4.69, 9.17) is 0 Å². The van der Waals surface area contributed by atoms with Gasteiger partial charge in [-0.2, -0.15) is 0 Å². The maximum atomic E-state index is 12.7. The van der Waals surface area contributed by atoms with Crippen LogP contribution in [-0.2, 0) is 9.59 Å². The van der Waals surface area contributed by atoms with E-state index in [-0.39, 0.29) is 30.7 Å². The lowest BCUT2D eigenvalue weighted by Gasteiger charge is -2.49. The summed E-state index contributed by atoms with van der Waals surface area (Å²) in [6, 6.07) is 5.36. The molecule has 1 spiro atoms. The zero-order chi connectivity index (χ0) is 23.8. The first-order valence-electron chi connectivity index (χ1n) is 11.7. The van der Waals surface area contributed by atoms with Gasteiger partial charge in [0.2, 0.25) is 11.8 Å². The Morgan fingerprint density at radius 1 is 1.28 bits per heavy atom. The molecule has 0 unspecified atom stereocenters. The van der Waals surface area contributed by atoms with Crippen molar-refractivity contribution in [1.29, 1.82) is 0 Å². The fraction of sp³-hybridized carbons (Fsp3) is 0.577. The average molecular weight is 443 g/mol. The van der Waals surface area contributed by atoms with Crippen LogP contribution < -0.4 is 5.32 Å². The smallest absolute Gasteiger partial charge is 0.245 e.